The van der Waals surface area contributed by atoms with Gasteiger partial charge in [-0.15, -0.1) is 0 Å². The summed E-state index contributed by atoms with van der Waals surface area (Å²) in [7, 11) is 0. The summed E-state index contributed by atoms with van der Waals surface area (Å²) in [6, 6.07) is 13.2. The van der Waals surface area contributed by atoms with Gasteiger partial charge in [-0.05, 0) is 43.7 Å². The monoisotopic (exact) mass is 436 g/mol. The van der Waals surface area contributed by atoms with Gasteiger partial charge in [0, 0.05) is 38.0 Å². The molecular formula is C24H28N4O4. The molecular weight excluding hydrogens is 408 g/mol. The molecule has 0 bridgehead atoms. The summed E-state index contributed by atoms with van der Waals surface area (Å²) < 4.78 is 17.1. The van der Waals surface area contributed by atoms with Crippen LogP contribution in [0.2, 0.25) is 0 Å². The van der Waals surface area contributed by atoms with Gasteiger partial charge in [0.2, 0.25) is 6.79 Å². The number of para-hydroxylation sites is 2. The first-order valence-electron chi connectivity index (χ1n) is 11.1. The molecule has 2 aliphatic rings. The number of aryl methyl sites for hydroxylation is 1. The van der Waals surface area contributed by atoms with E-state index in [9.17, 15) is 4.79 Å². The first-order chi connectivity index (χ1) is 15.7. The number of fused-ring (bicyclic) bond motifs is 2. The molecule has 1 aromatic heterocycles. The Bertz CT molecular complexity index is 1100. The van der Waals surface area contributed by atoms with E-state index in [4.69, 9.17) is 19.6 Å². The molecule has 2 aromatic carbocycles. The van der Waals surface area contributed by atoms with Crippen molar-refractivity contribution < 1.29 is 18.7 Å². The van der Waals surface area contributed by atoms with Crippen LogP contribution in [0.3, 0.4) is 0 Å². The quantitative estimate of drug-likeness (QED) is 0.548. The third-order valence-corrected chi connectivity index (χ3v) is 6.13. The van der Waals surface area contributed by atoms with Gasteiger partial charge in [0.1, 0.15) is 11.3 Å². The number of amides is 2. The highest BCUT2D eigenvalue weighted by atomic mass is 16.7. The summed E-state index contributed by atoms with van der Waals surface area (Å²) in [5, 5.41) is 3.62. The lowest BCUT2D eigenvalue weighted by molar-refractivity contribution is 0.174. The average Bonchev–Trinajstić information content (AvgIpc) is 3.42. The lowest BCUT2D eigenvalue weighted by Gasteiger charge is -2.36. The summed E-state index contributed by atoms with van der Waals surface area (Å²) in [4.78, 5) is 16.3. The summed E-state index contributed by atoms with van der Waals surface area (Å²) in [6.45, 7) is 5.31. The van der Waals surface area contributed by atoms with Crippen molar-refractivity contribution in [3.8, 4) is 11.5 Å². The Balaban J connectivity index is 1.12. The van der Waals surface area contributed by atoms with Crippen LogP contribution >= 0.6 is 0 Å². The molecule has 168 valence electrons. The van der Waals surface area contributed by atoms with E-state index in [-0.39, 0.29) is 0 Å². The molecule has 0 aliphatic carbocycles. The van der Waals surface area contributed by atoms with Crippen LogP contribution in [0.4, 0.5) is 16.2 Å². The zero-order valence-electron chi connectivity index (χ0n) is 18.0. The molecule has 32 heavy (non-hydrogen) atoms. The molecule has 1 saturated heterocycles. The van der Waals surface area contributed by atoms with Gasteiger partial charge in [-0.25, -0.2) is 4.79 Å². The molecule has 0 unspecified atom stereocenters. The van der Waals surface area contributed by atoms with E-state index in [0.29, 0.717) is 12.5 Å². The molecule has 0 radical (unpaired) electrons. The Morgan fingerprint density at radius 1 is 1.00 bits per heavy atom. The number of nitrogens with zero attached hydrogens (tertiary/aromatic N) is 2. The van der Waals surface area contributed by atoms with Crippen molar-refractivity contribution in [3.63, 3.8) is 0 Å². The Labute approximate surface area is 186 Å². The highest BCUT2D eigenvalue weighted by Crippen LogP contribution is 2.41. The van der Waals surface area contributed by atoms with Crippen LogP contribution in [-0.4, -0.2) is 50.4 Å². The van der Waals surface area contributed by atoms with Crippen molar-refractivity contribution in [2.75, 3.05) is 49.7 Å². The highest BCUT2D eigenvalue weighted by Gasteiger charge is 2.24. The smallest absolute Gasteiger partial charge is 0.316 e. The third-order valence-electron chi connectivity index (χ3n) is 6.13. The summed E-state index contributed by atoms with van der Waals surface area (Å²) in [6.07, 6.45) is 2.80. The fourth-order valence-electron chi connectivity index (χ4n) is 4.53. The van der Waals surface area contributed by atoms with Gasteiger partial charge >= 0.3 is 6.03 Å². The lowest BCUT2D eigenvalue weighted by atomic mass is 10.1. The van der Waals surface area contributed by atoms with Crippen LogP contribution in [-0.2, 0) is 6.42 Å². The summed E-state index contributed by atoms with van der Waals surface area (Å²) >= 11 is 0. The number of carbonyl (C=O) groups is 1. The number of rotatable bonds is 7. The Morgan fingerprint density at radius 3 is 2.69 bits per heavy atom. The number of benzene rings is 2. The number of nitrogens with two attached hydrogens (primary N) is 1. The van der Waals surface area contributed by atoms with Crippen molar-refractivity contribution in [3.05, 3.63) is 48.2 Å². The number of ether oxygens (including phenoxy) is 2. The van der Waals surface area contributed by atoms with Crippen molar-refractivity contribution >= 4 is 28.4 Å². The van der Waals surface area contributed by atoms with Gasteiger partial charge < -0.3 is 29.8 Å². The number of hydrogen-bond acceptors (Lipinski definition) is 6. The number of urea groups is 1. The molecule has 0 saturated carbocycles. The summed E-state index contributed by atoms with van der Waals surface area (Å²) in [5.41, 5.74) is 7.95. The molecule has 8 heteroatoms. The molecule has 3 aromatic rings. The minimum atomic E-state index is -0.573. The van der Waals surface area contributed by atoms with E-state index >= 15 is 0 Å². The van der Waals surface area contributed by atoms with Gasteiger partial charge in [-0.3, -0.25) is 4.90 Å². The first kappa shape index (κ1) is 20.5. The number of furan rings is 1. The van der Waals surface area contributed by atoms with Crippen LogP contribution in [0.1, 0.15) is 18.6 Å². The zero-order chi connectivity index (χ0) is 21.9. The lowest BCUT2D eigenvalue weighted by Crippen LogP contribution is -2.46. The number of hydrogen-bond donors (Lipinski definition) is 2. The van der Waals surface area contributed by atoms with Gasteiger partial charge in [-0.2, -0.15) is 0 Å². The molecule has 2 amide bonds. The number of primary amides is 1. The predicted molar refractivity (Wildman–Crippen MR) is 124 cm³/mol. The Kier molecular flexibility index (Phi) is 5.77. The van der Waals surface area contributed by atoms with Crippen LogP contribution in [0.25, 0.3) is 11.0 Å². The largest absolute Gasteiger partial charge is 0.459 e. The van der Waals surface area contributed by atoms with Crippen LogP contribution in [0, 0.1) is 0 Å². The number of nitrogens with one attached hydrogen (secondary N) is 1. The Hall–Kier alpha value is -3.39. The van der Waals surface area contributed by atoms with Crippen LogP contribution in [0.15, 0.2) is 46.9 Å². The molecule has 0 atom stereocenters. The van der Waals surface area contributed by atoms with Crippen molar-refractivity contribution in [1.82, 2.24) is 4.90 Å². The second kappa shape index (κ2) is 9.00. The van der Waals surface area contributed by atoms with Gasteiger partial charge in [-0.1, -0.05) is 18.2 Å². The molecule has 0 spiro atoms. The number of unbranched alkanes of at least 4 members (excludes halogenated alkanes) is 1. The minimum Gasteiger partial charge on any atom is -0.459 e. The fourth-order valence-corrected chi connectivity index (χ4v) is 4.53. The molecule has 8 nitrogen and oxygen atoms in total. The normalized spacial score (nSPS) is 15.9. The van der Waals surface area contributed by atoms with Gasteiger partial charge in [0.05, 0.1) is 11.4 Å². The summed E-state index contributed by atoms with van der Waals surface area (Å²) in [5.74, 6) is 2.49. The minimum absolute atomic E-state index is 0.300. The molecule has 2 aliphatic heterocycles. The number of piperazine rings is 1. The maximum Gasteiger partial charge on any atom is 0.316 e. The first-order valence-corrected chi connectivity index (χ1v) is 11.1. The SMILES string of the molecule is NC(=O)Nc1c(CCCCN2CCN(c3cccc4c3OCO4)CC2)oc2ccccc12. The highest BCUT2D eigenvalue weighted by molar-refractivity contribution is 6.00. The topological polar surface area (TPSA) is 93.2 Å². The molecule has 3 heterocycles. The van der Waals surface area contributed by atoms with E-state index in [2.05, 4.69) is 21.2 Å². The van der Waals surface area contributed by atoms with Crippen LogP contribution < -0.4 is 25.4 Å². The van der Waals surface area contributed by atoms with Gasteiger partial charge in [0.15, 0.2) is 11.5 Å². The third kappa shape index (κ3) is 4.18. The second-order valence-electron chi connectivity index (χ2n) is 8.18. The average molecular weight is 437 g/mol. The number of anilines is 2. The van der Waals surface area contributed by atoms with Crippen molar-refractivity contribution in [1.29, 1.82) is 0 Å². The Morgan fingerprint density at radius 2 is 1.84 bits per heavy atom. The van der Waals surface area contributed by atoms with E-state index in [1.807, 2.05) is 36.4 Å². The van der Waals surface area contributed by atoms with Crippen molar-refractivity contribution in [2.24, 2.45) is 5.73 Å². The molecule has 3 N–H and O–H groups in total. The fraction of sp³-hybridized carbons (Fsp3) is 0.375. The number of carbonyl (C=O) groups excluding carboxylic acids is 1. The van der Waals surface area contributed by atoms with E-state index in [0.717, 1.165) is 85.9 Å². The van der Waals surface area contributed by atoms with E-state index < -0.39 is 6.03 Å². The molecule has 5 rings (SSSR count). The maximum atomic E-state index is 11.4. The molecule has 1 fully saturated rings. The van der Waals surface area contributed by atoms with Gasteiger partial charge in [0.25, 0.3) is 0 Å². The zero-order valence-corrected chi connectivity index (χ0v) is 18.0. The van der Waals surface area contributed by atoms with Crippen LogP contribution in [0.5, 0.6) is 11.5 Å². The second-order valence-corrected chi connectivity index (χ2v) is 8.18. The standard InChI is InChI=1S/C24H28N4O4/c25-24(29)26-22-17-6-1-2-8-19(17)32-20(22)9-3-4-11-27-12-14-28(15-13-27)18-7-5-10-21-23(18)31-16-30-21/h1-2,5-8,10H,3-4,9,11-16H2,(H3,25,26,29). The van der Waals surface area contributed by atoms with E-state index in [1.54, 1.807) is 0 Å². The van der Waals surface area contributed by atoms with E-state index in [1.165, 1.54) is 0 Å². The maximum absolute atomic E-state index is 11.4. The van der Waals surface area contributed by atoms with Crippen molar-refractivity contribution in [2.45, 2.75) is 19.3 Å². The predicted octanol–water partition coefficient (Wildman–Crippen LogP) is 3.80.